The van der Waals surface area contributed by atoms with Crippen LogP contribution >= 0.6 is 0 Å². The van der Waals surface area contributed by atoms with Gasteiger partial charge >= 0.3 is 0 Å². The highest BCUT2D eigenvalue weighted by Gasteiger charge is 2.19. The lowest BCUT2D eigenvalue weighted by atomic mass is 9.93. The Morgan fingerprint density at radius 2 is 1.62 bits per heavy atom. The Labute approximate surface area is 173 Å². The van der Waals surface area contributed by atoms with E-state index in [0.29, 0.717) is 5.92 Å². The van der Waals surface area contributed by atoms with Crippen LogP contribution in [-0.4, -0.2) is 4.98 Å². The van der Waals surface area contributed by atoms with Gasteiger partial charge in [0.2, 0.25) is 5.69 Å². The molecule has 0 aliphatic rings. The molecule has 4 rings (SSSR count). The van der Waals surface area contributed by atoms with Gasteiger partial charge in [-0.1, -0.05) is 43.7 Å². The number of rotatable bonds is 3. The number of aromatic nitrogens is 2. The summed E-state index contributed by atoms with van der Waals surface area (Å²) >= 11 is 0. The SMILES string of the molecule is Cc1cc(C)c(C)c(-c2c3cc(-c4ccc(C(C)C)nc4)ccc3cc[n+]2C)c1. The van der Waals surface area contributed by atoms with Crippen LogP contribution in [-0.2, 0) is 7.05 Å². The Kier molecular flexibility index (Phi) is 4.96. The number of aryl methyl sites for hydroxylation is 3. The average molecular weight is 382 g/mol. The molecule has 0 saturated heterocycles. The second kappa shape index (κ2) is 7.44. The molecule has 0 spiro atoms. The lowest BCUT2D eigenvalue weighted by molar-refractivity contribution is -0.659. The highest BCUT2D eigenvalue weighted by molar-refractivity contribution is 5.96. The highest BCUT2D eigenvalue weighted by atomic mass is 14.9. The molecule has 146 valence electrons. The molecular formula is C27H29N2+. The van der Waals surface area contributed by atoms with Crippen molar-refractivity contribution in [1.29, 1.82) is 0 Å². The number of benzene rings is 2. The first-order chi connectivity index (χ1) is 13.8. The van der Waals surface area contributed by atoms with Crippen LogP contribution in [0.15, 0.2) is 60.9 Å². The number of nitrogens with zero attached hydrogens (tertiary/aromatic N) is 2. The van der Waals surface area contributed by atoms with Crippen LogP contribution in [0.5, 0.6) is 0 Å². The molecule has 0 fully saturated rings. The van der Waals surface area contributed by atoms with E-state index < -0.39 is 0 Å². The second-order valence-corrected chi connectivity index (χ2v) is 8.46. The number of fused-ring (bicyclic) bond motifs is 1. The minimum Gasteiger partial charge on any atom is -0.260 e. The molecule has 0 unspecified atom stereocenters. The fourth-order valence-corrected chi connectivity index (χ4v) is 4.08. The van der Waals surface area contributed by atoms with Gasteiger partial charge in [-0.2, -0.15) is 0 Å². The van der Waals surface area contributed by atoms with E-state index in [4.69, 9.17) is 0 Å². The normalized spacial score (nSPS) is 11.4. The molecule has 4 aromatic rings. The quantitative estimate of drug-likeness (QED) is 0.373. The van der Waals surface area contributed by atoms with Gasteiger partial charge in [0.25, 0.3) is 0 Å². The smallest absolute Gasteiger partial charge is 0.220 e. The fraction of sp³-hybridized carbons (Fsp3) is 0.259. The molecule has 0 amide bonds. The van der Waals surface area contributed by atoms with Crippen molar-refractivity contribution in [2.75, 3.05) is 0 Å². The Morgan fingerprint density at radius 3 is 2.31 bits per heavy atom. The summed E-state index contributed by atoms with van der Waals surface area (Å²) < 4.78 is 2.24. The zero-order chi connectivity index (χ0) is 20.7. The maximum atomic E-state index is 4.66. The molecule has 0 saturated carbocycles. The van der Waals surface area contributed by atoms with Gasteiger partial charge in [-0.25, -0.2) is 4.57 Å². The zero-order valence-electron chi connectivity index (χ0n) is 18.2. The van der Waals surface area contributed by atoms with Gasteiger partial charge in [-0.05, 0) is 67.0 Å². The largest absolute Gasteiger partial charge is 0.260 e. The summed E-state index contributed by atoms with van der Waals surface area (Å²) in [6, 6.07) is 17.8. The third-order valence-corrected chi connectivity index (χ3v) is 5.92. The summed E-state index contributed by atoms with van der Waals surface area (Å²) in [4.78, 5) is 4.66. The number of pyridine rings is 2. The summed E-state index contributed by atoms with van der Waals surface area (Å²) in [6.45, 7) is 11.0. The summed E-state index contributed by atoms with van der Waals surface area (Å²) in [5.41, 5.74) is 10.0. The van der Waals surface area contributed by atoms with Crippen molar-refractivity contribution in [3.63, 3.8) is 0 Å². The summed E-state index contributed by atoms with van der Waals surface area (Å²) in [5.74, 6) is 0.443. The minimum absolute atomic E-state index is 0.443. The van der Waals surface area contributed by atoms with Gasteiger partial charge in [0.1, 0.15) is 7.05 Å². The molecule has 2 aromatic heterocycles. The molecular weight excluding hydrogens is 352 g/mol. The zero-order valence-corrected chi connectivity index (χ0v) is 18.2. The first kappa shape index (κ1) is 19.3. The van der Waals surface area contributed by atoms with E-state index >= 15 is 0 Å². The van der Waals surface area contributed by atoms with E-state index in [1.807, 2.05) is 6.20 Å². The molecule has 0 radical (unpaired) electrons. The molecule has 0 bridgehead atoms. The maximum Gasteiger partial charge on any atom is 0.220 e. The lowest BCUT2D eigenvalue weighted by Gasteiger charge is -2.12. The van der Waals surface area contributed by atoms with Crippen molar-refractivity contribution in [1.82, 2.24) is 4.98 Å². The third-order valence-electron chi connectivity index (χ3n) is 5.92. The van der Waals surface area contributed by atoms with Gasteiger partial charge in [0.15, 0.2) is 6.20 Å². The van der Waals surface area contributed by atoms with Crippen molar-refractivity contribution in [2.45, 2.75) is 40.5 Å². The Balaban J connectivity index is 1.94. The Hall–Kier alpha value is -3.00. The lowest BCUT2D eigenvalue weighted by Crippen LogP contribution is -2.30. The molecule has 2 nitrogen and oxygen atoms in total. The molecule has 0 aliphatic heterocycles. The monoisotopic (exact) mass is 381 g/mol. The van der Waals surface area contributed by atoms with E-state index in [1.54, 1.807) is 0 Å². The van der Waals surface area contributed by atoms with Crippen molar-refractivity contribution >= 4 is 10.8 Å². The molecule has 2 heterocycles. The van der Waals surface area contributed by atoms with Crippen molar-refractivity contribution < 1.29 is 4.57 Å². The average Bonchev–Trinajstić information content (AvgIpc) is 2.70. The first-order valence-corrected chi connectivity index (χ1v) is 10.3. The van der Waals surface area contributed by atoms with E-state index in [-0.39, 0.29) is 0 Å². The van der Waals surface area contributed by atoms with Gasteiger partial charge in [0, 0.05) is 23.5 Å². The third kappa shape index (κ3) is 3.55. The number of hydrogen-bond donors (Lipinski definition) is 0. The van der Waals surface area contributed by atoms with Crippen LogP contribution in [0.4, 0.5) is 0 Å². The van der Waals surface area contributed by atoms with E-state index in [9.17, 15) is 0 Å². The summed E-state index contributed by atoms with van der Waals surface area (Å²) in [7, 11) is 2.14. The standard InChI is InChI=1S/C27H29N2/c1-17(2)26-10-9-23(16-28-26)22-8-7-21-11-12-29(6)27(25(21)15-22)24-14-18(3)13-19(4)20(24)5/h7-17H,1-6H3/q+1. The maximum absolute atomic E-state index is 4.66. The van der Waals surface area contributed by atoms with Crippen molar-refractivity contribution in [2.24, 2.45) is 7.05 Å². The molecule has 0 N–H and O–H groups in total. The van der Waals surface area contributed by atoms with Crippen molar-refractivity contribution in [3.8, 4) is 22.4 Å². The van der Waals surface area contributed by atoms with E-state index in [0.717, 1.165) is 11.3 Å². The predicted octanol–water partition coefficient (Wildman–Crippen LogP) is 6.44. The van der Waals surface area contributed by atoms with E-state index in [1.165, 1.54) is 44.3 Å². The Bertz CT molecular complexity index is 1200. The molecule has 2 heteroatoms. The van der Waals surface area contributed by atoms with Gasteiger partial charge in [0.05, 0.1) is 10.9 Å². The van der Waals surface area contributed by atoms with Crippen molar-refractivity contribution in [3.05, 3.63) is 83.3 Å². The summed E-state index contributed by atoms with van der Waals surface area (Å²) in [6.07, 6.45) is 4.16. The van der Waals surface area contributed by atoms with Crippen LogP contribution in [0.1, 0.15) is 42.1 Å². The fourth-order valence-electron chi connectivity index (χ4n) is 4.08. The van der Waals surface area contributed by atoms with Crippen LogP contribution < -0.4 is 4.57 Å². The first-order valence-electron chi connectivity index (χ1n) is 10.3. The van der Waals surface area contributed by atoms with Crippen LogP contribution in [0, 0.1) is 20.8 Å². The van der Waals surface area contributed by atoms with Crippen LogP contribution in [0.2, 0.25) is 0 Å². The molecule has 0 aliphatic carbocycles. The summed E-state index contributed by atoms with van der Waals surface area (Å²) in [5, 5.41) is 2.53. The second-order valence-electron chi connectivity index (χ2n) is 8.46. The van der Waals surface area contributed by atoms with Gasteiger partial charge in [-0.15, -0.1) is 0 Å². The van der Waals surface area contributed by atoms with Gasteiger partial charge < -0.3 is 0 Å². The molecule has 2 aromatic carbocycles. The topological polar surface area (TPSA) is 16.8 Å². The predicted molar refractivity (Wildman–Crippen MR) is 122 cm³/mol. The highest BCUT2D eigenvalue weighted by Crippen LogP contribution is 2.33. The van der Waals surface area contributed by atoms with E-state index in [2.05, 4.69) is 106 Å². The minimum atomic E-state index is 0.443. The number of hydrogen-bond acceptors (Lipinski definition) is 1. The Morgan fingerprint density at radius 1 is 0.862 bits per heavy atom. The molecule has 29 heavy (non-hydrogen) atoms. The van der Waals surface area contributed by atoms with Crippen LogP contribution in [0.25, 0.3) is 33.2 Å². The van der Waals surface area contributed by atoms with Crippen LogP contribution in [0.3, 0.4) is 0 Å². The van der Waals surface area contributed by atoms with Gasteiger partial charge in [-0.3, -0.25) is 4.98 Å². The molecule has 0 atom stereocenters.